The highest BCUT2D eigenvalue weighted by Gasteiger charge is 2.09. The van der Waals surface area contributed by atoms with Crippen LogP contribution in [0.5, 0.6) is 0 Å². The Bertz CT molecular complexity index is 517. The van der Waals surface area contributed by atoms with Crippen LogP contribution in [0.25, 0.3) is 0 Å². The molecule has 2 N–H and O–H groups in total. The Labute approximate surface area is 101 Å². The van der Waals surface area contributed by atoms with E-state index in [9.17, 15) is 4.79 Å². The summed E-state index contributed by atoms with van der Waals surface area (Å²) in [5, 5.41) is 0. The van der Waals surface area contributed by atoms with Crippen LogP contribution < -0.4 is 5.73 Å². The third-order valence-electron chi connectivity index (χ3n) is 2.71. The Hall–Kier alpha value is -1.93. The molecule has 2 heteroatoms. The summed E-state index contributed by atoms with van der Waals surface area (Å²) in [6, 6.07) is 16.7. The molecule has 0 saturated heterocycles. The minimum atomic E-state index is -0.0569. The first-order chi connectivity index (χ1) is 8.18. The Morgan fingerprint density at radius 2 is 1.65 bits per heavy atom. The topological polar surface area (TPSA) is 43.1 Å². The largest absolute Gasteiger partial charge is 0.324 e. The van der Waals surface area contributed by atoms with Gasteiger partial charge < -0.3 is 5.73 Å². The lowest BCUT2D eigenvalue weighted by atomic mass is 9.99. The molecule has 0 amide bonds. The van der Waals surface area contributed by atoms with E-state index in [1.54, 1.807) is 0 Å². The highest BCUT2D eigenvalue weighted by molar-refractivity contribution is 6.09. The van der Waals surface area contributed by atoms with Crippen LogP contribution in [0.1, 0.15) is 34.5 Å². The van der Waals surface area contributed by atoms with Gasteiger partial charge in [-0.1, -0.05) is 48.5 Å². The summed E-state index contributed by atoms with van der Waals surface area (Å²) in [6.07, 6.45) is 0. The molecule has 0 spiro atoms. The molecule has 86 valence electrons. The quantitative estimate of drug-likeness (QED) is 0.816. The van der Waals surface area contributed by atoms with Crippen molar-refractivity contribution in [1.82, 2.24) is 0 Å². The van der Waals surface area contributed by atoms with Crippen LogP contribution in [0.15, 0.2) is 54.6 Å². The molecular formula is C15H15NO. The van der Waals surface area contributed by atoms with Crippen LogP contribution in [0, 0.1) is 0 Å². The van der Waals surface area contributed by atoms with Gasteiger partial charge in [-0.3, -0.25) is 4.79 Å². The predicted molar refractivity (Wildman–Crippen MR) is 68.9 cm³/mol. The molecule has 0 aliphatic heterocycles. The molecule has 0 aliphatic rings. The molecular weight excluding hydrogens is 210 g/mol. The van der Waals surface area contributed by atoms with E-state index in [1.807, 2.05) is 61.5 Å². The van der Waals surface area contributed by atoms with Crippen molar-refractivity contribution in [2.45, 2.75) is 13.0 Å². The van der Waals surface area contributed by atoms with Crippen molar-refractivity contribution >= 4 is 5.78 Å². The number of carbonyl (C=O) groups is 1. The molecule has 0 aromatic heterocycles. The average molecular weight is 225 g/mol. The van der Waals surface area contributed by atoms with E-state index < -0.39 is 0 Å². The minimum Gasteiger partial charge on any atom is -0.324 e. The third kappa shape index (κ3) is 2.60. The molecule has 2 nitrogen and oxygen atoms in total. The number of hydrogen-bond acceptors (Lipinski definition) is 2. The maximum absolute atomic E-state index is 12.2. The summed E-state index contributed by atoms with van der Waals surface area (Å²) in [7, 11) is 0. The van der Waals surface area contributed by atoms with Gasteiger partial charge in [-0.15, -0.1) is 0 Å². The summed E-state index contributed by atoms with van der Waals surface area (Å²) >= 11 is 0. The van der Waals surface area contributed by atoms with Gasteiger partial charge >= 0.3 is 0 Å². The van der Waals surface area contributed by atoms with Crippen molar-refractivity contribution in [3.05, 3.63) is 71.3 Å². The Morgan fingerprint density at radius 3 is 2.29 bits per heavy atom. The van der Waals surface area contributed by atoms with Gasteiger partial charge in [-0.2, -0.15) is 0 Å². The number of carbonyl (C=O) groups excluding carboxylic acids is 1. The van der Waals surface area contributed by atoms with E-state index in [0.717, 1.165) is 5.56 Å². The van der Waals surface area contributed by atoms with Gasteiger partial charge in [0.25, 0.3) is 0 Å². The smallest absolute Gasteiger partial charge is 0.193 e. The second-order valence-electron chi connectivity index (χ2n) is 4.11. The molecule has 0 saturated carbocycles. The first kappa shape index (κ1) is 11.6. The highest BCUT2D eigenvalue weighted by Crippen LogP contribution is 2.15. The van der Waals surface area contributed by atoms with Crippen LogP contribution in [0.4, 0.5) is 0 Å². The first-order valence-corrected chi connectivity index (χ1v) is 5.64. The van der Waals surface area contributed by atoms with Crippen LogP contribution in [0.3, 0.4) is 0 Å². The zero-order valence-corrected chi connectivity index (χ0v) is 9.76. The molecule has 0 heterocycles. The van der Waals surface area contributed by atoms with Gasteiger partial charge in [-0.05, 0) is 18.6 Å². The third-order valence-corrected chi connectivity index (χ3v) is 2.71. The lowest BCUT2D eigenvalue weighted by Gasteiger charge is -2.07. The van der Waals surface area contributed by atoms with E-state index in [0.29, 0.717) is 11.1 Å². The van der Waals surface area contributed by atoms with Crippen molar-refractivity contribution in [2.24, 2.45) is 5.73 Å². The fourth-order valence-corrected chi connectivity index (χ4v) is 1.72. The van der Waals surface area contributed by atoms with Gasteiger partial charge in [0.15, 0.2) is 5.78 Å². The fourth-order valence-electron chi connectivity index (χ4n) is 1.72. The monoisotopic (exact) mass is 225 g/mol. The van der Waals surface area contributed by atoms with Crippen molar-refractivity contribution in [2.75, 3.05) is 0 Å². The van der Waals surface area contributed by atoms with Gasteiger partial charge in [0.2, 0.25) is 0 Å². The maximum atomic E-state index is 12.2. The molecule has 0 radical (unpaired) electrons. The average Bonchev–Trinajstić information content (AvgIpc) is 2.39. The predicted octanol–water partition coefficient (Wildman–Crippen LogP) is 2.94. The molecule has 1 atom stereocenters. The van der Waals surface area contributed by atoms with Gasteiger partial charge in [0, 0.05) is 17.2 Å². The van der Waals surface area contributed by atoms with Gasteiger partial charge in [0.05, 0.1) is 0 Å². The molecule has 0 unspecified atom stereocenters. The normalized spacial score (nSPS) is 12.1. The molecule has 2 aromatic rings. The van der Waals surface area contributed by atoms with Crippen LogP contribution in [0.2, 0.25) is 0 Å². The summed E-state index contributed by atoms with van der Waals surface area (Å²) in [6.45, 7) is 1.91. The molecule has 0 fully saturated rings. The number of benzene rings is 2. The van der Waals surface area contributed by atoms with E-state index in [2.05, 4.69) is 0 Å². The van der Waals surface area contributed by atoms with Crippen molar-refractivity contribution in [3.8, 4) is 0 Å². The van der Waals surface area contributed by atoms with Crippen LogP contribution in [-0.2, 0) is 0 Å². The van der Waals surface area contributed by atoms with Crippen LogP contribution in [-0.4, -0.2) is 5.78 Å². The fraction of sp³-hybridized carbons (Fsp3) is 0.133. The van der Waals surface area contributed by atoms with Gasteiger partial charge in [0.1, 0.15) is 0 Å². The second-order valence-corrected chi connectivity index (χ2v) is 4.11. The van der Waals surface area contributed by atoms with Crippen molar-refractivity contribution in [1.29, 1.82) is 0 Å². The number of hydrogen-bond donors (Lipinski definition) is 1. The lowest BCUT2D eigenvalue weighted by molar-refractivity contribution is 0.103. The summed E-state index contributed by atoms with van der Waals surface area (Å²) < 4.78 is 0. The molecule has 2 rings (SSSR count). The summed E-state index contributed by atoms with van der Waals surface area (Å²) in [5.41, 5.74) is 8.18. The van der Waals surface area contributed by atoms with E-state index in [-0.39, 0.29) is 11.8 Å². The molecule has 0 aliphatic carbocycles. The summed E-state index contributed by atoms with van der Waals surface area (Å²) in [4.78, 5) is 12.2. The Balaban J connectivity index is 2.35. The molecule has 17 heavy (non-hydrogen) atoms. The first-order valence-electron chi connectivity index (χ1n) is 5.64. The summed E-state index contributed by atoms with van der Waals surface area (Å²) in [5.74, 6) is 0.0353. The van der Waals surface area contributed by atoms with Crippen molar-refractivity contribution < 1.29 is 4.79 Å². The zero-order chi connectivity index (χ0) is 12.3. The SMILES string of the molecule is C[C@H](N)c1cccc(C(=O)c2ccccc2)c1. The number of nitrogens with two attached hydrogens (primary N) is 1. The van der Waals surface area contributed by atoms with E-state index in [1.165, 1.54) is 0 Å². The van der Waals surface area contributed by atoms with Crippen LogP contribution >= 0.6 is 0 Å². The van der Waals surface area contributed by atoms with Crippen molar-refractivity contribution in [3.63, 3.8) is 0 Å². The number of ketones is 1. The highest BCUT2D eigenvalue weighted by atomic mass is 16.1. The molecule has 2 aromatic carbocycles. The molecule has 0 bridgehead atoms. The maximum Gasteiger partial charge on any atom is 0.193 e. The van der Waals surface area contributed by atoms with Gasteiger partial charge in [-0.25, -0.2) is 0 Å². The standard InChI is InChI=1S/C15H15NO/c1-11(16)13-8-5-9-14(10-13)15(17)12-6-3-2-4-7-12/h2-11H,16H2,1H3/t11-/m0/s1. The Kier molecular flexibility index (Phi) is 3.35. The zero-order valence-electron chi connectivity index (χ0n) is 9.76. The van der Waals surface area contributed by atoms with E-state index >= 15 is 0 Å². The lowest BCUT2D eigenvalue weighted by Crippen LogP contribution is -2.07. The number of rotatable bonds is 3. The minimum absolute atomic E-state index is 0.0353. The van der Waals surface area contributed by atoms with E-state index in [4.69, 9.17) is 5.73 Å². The Morgan fingerprint density at radius 1 is 1.00 bits per heavy atom. The second kappa shape index (κ2) is 4.93.